The van der Waals surface area contributed by atoms with Crippen LogP contribution in [0, 0.1) is 5.92 Å². The van der Waals surface area contributed by atoms with Crippen molar-refractivity contribution in [3.8, 4) is 0 Å². The highest BCUT2D eigenvalue weighted by molar-refractivity contribution is 7.80. The number of thiocarbonyl (C=S) groups is 1. The van der Waals surface area contributed by atoms with Crippen molar-refractivity contribution in [2.45, 2.75) is 26.7 Å². The van der Waals surface area contributed by atoms with E-state index in [1.165, 1.54) is 0 Å². The van der Waals surface area contributed by atoms with E-state index in [0.717, 1.165) is 19.5 Å². The van der Waals surface area contributed by atoms with Gasteiger partial charge in [-0.25, -0.2) is 0 Å². The molecule has 1 atom stereocenters. The van der Waals surface area contributed by atoms with Crippen molar-refractivity contribution in [2.24, 2.45) is 11.7 Å². The molecule has 0 aromatic carbocycles. The average Bonchev–Trinajstić information content (AvgIpc) is 2.02. The summed E-state index contributed by atoms with van der Waals surface area (Å²) in [4.78, 5) is 10.6. The van der Waals surface area contributed by atoms with Crippen molar-refractivity contribution in [3.05, 3.63) is 0 Å². The van der Waals surface area contributed by atoms with E-state index in [1.54, 1.807) is 0 Å². The molecule has 5 heteroatoms. The third-order valence-electron chi connectivity index (χ3n) is 1.81. The van der Waals surface area contributed by atoms with Crippen LogP contribution in [0.5, 0.6) is 0 Å². The van der Waals surface area contributed by atoms with Crippen LogP contribution in [0.1, 0.15) is 26.7 Å². The maximum absolute atomic E-state index is 10.6. The molecule has 0 saturated carbocycles. The summed E-state index contributed by atoms with van der Waals surface area (Å²) in [5.74, 6) is 0.0659. The lowest BCUT2D eigenvalue weighted by molar-refractivity contribution is -0.118. The van der Waals surface area contributed by atoms with Gasteiger partial charge in [0.15, 0.2) is 5.11 Å². The van der Waals surface area contributed by atoms with Gasteiger partial charge in [-0.3, -0.25) is 4.79 Å². The van der Waals surface area contributed by atoms with Gasteiger partial charge in [-0.05, 0) is 31.5 Å². The van der Waals surface area contributed by atoms with Crippen molar-refractivity contribution < 1.29 is 4.79 Å². The van der Waals surface area contributed by atoms with Crippen molar-refractivity contribution in [1.82, 2.24) is 10.6 Å². The zero-order valence-electron chi connectivity index (χ0n) is 8.80. The number of carbonyl (C=O) groups excluding carboxylic acids is 1. The highest BCUT2D eigenvalue weighted by Crippen LogP contribution is 2.04. The molecule has 0 aliphatic rings. The summed E-state index contributed by atoms with van der Waals surface area (Å²) >= 11 is 4.98. The van der Waals surface area contributed by atoms with E-state index < -0.39 is 0 Å². The summed E-state index contributed by atoms with van der Waals surface area (Å²) in [6, 6.07) is 0. The van der Waals surface area contributed by atoms with E-state index in [0.29, 0.717) is 17.5 Å². The van der Waals surface area contributed by atoms with Gasteiger partial charge >= 0.3 is 0 Å². The summed E-state index contributed by atoms with van der Waals surface area (Å²) in [6.07, 6.45) is 1.34. The first-order valence-corrected chi connectivity index (χ1v) is 5.27. The van der Waals surface area contributed by atoms with Crippen LogP contribution in [0.3, 0.4) is 0 Å². The zero-order valence-corrected chi connectivity index (χ0v) is 9.62. The minimum Gasteiger partial charge on any atom is -0.370 e. The van der Waals surface area contributed by atoms with Crippen LogP contribution < -0.4 is 16.4 Å². The van der Waals surface area contributed by atoms with Crippen molar-refractivity contribution in [2.75, 3.05) is 13.1 Å². The Labute approximate surface area is 90.6 Å². The van der Waals surface area contributed by atoms with Gasteiger partial charge in [-0.15, -0.1) is 0 Å². The second-order valence-corrected chi connectivity index (χ2v) is 3.76. The number of primary amides is 1. The molecule has 0 unspecified atom stereocenters. The predicted molar refractivity (Wildman–Crippen MR) is 61.9 cm³/mol. The number of hydrogen-bond donors (Lipinski definition) is 3. The molecule has 0 radical (unpaired) electrons. The van der Waals surface area contributed by atoms with Crippen LogP contribution in [0.4, 0.5) is 0 Å². The van der Waals surface area contributed by atoms with Gasteiger partial charge < -0.3 is 16.4 Å². The number of carbonyl (C=O) groups is 1. The second kappa shape index (κ2) is 7.55. The Morgan fingerprint density at radius 1 is 1.50 bits per heavy atom. The van der Waals surface area contributed by atoms with Gasteiger partial charge in [0.25, 0.3) is 0 Å². The zero-order chi connectivity index (χ0) is 11.0. The van der Waals surface area contributed by atoms with Gasteiger partial charge in [-0.1, -0.05) is 6.92 Å². The third kappa shape index (κ3) is 7.79. The minimum atomic E-state index is -0.244. The molecule has 0 heterocycles. The third-order valence-corrected chi connectivity index (χ3v) is 2.10. The molecule has 0 saturated heterocycles. The Kier molecular flexibility index (Phi) is 7.10. The molecule has 14 heavy (non-hydrogen) atoms. The molecule has 82 valence electrons. The second-order valence-electron chi connectivity index (χ2n) is 3.35. The van der Waals surface area contributed by atoms with Crippen LogP contribution in [-0.2, 0) is 4.79 Å². The Balaban J connectivity index is 3.43. The lowest BCUT2D eigenvalue weighted by Crippen LogP contribution is -2.36. The van der Waals surface area contributed by atoms with Crippen LogP contribution >= 0.6 is 12.2 Å². The molecule has 0 spiro atoms. The van der Waals surface area contributed by atoms with Gasteiger partial charge in [-0.2, -0.15) is 0 Å². The molecule has 0 aliphatic carbocycles. The van der Waals surface area contributed by atoms with Gasteiger partial charge in [0, 0.05) is 19.5 Å². The van der Waals surface area contributed by atoms with E-state index in [9.17, 15) is 4.79 Å². The van der Waals surface area contributed by atoms with Crippen molar-refractivity contribution >= 4 is 23.2 Å². The Hall–Kier alpha value is -0.840. The summed E-state index contributed by atoms with van der Waals surface area (Å²) in [5, 5.41) is 6.71. The molecule has 0 fully saturated rings. The smallest absolute Gasteiger partial charge is 0.217 e. The van der Waals surface area contributed by atoms with Gasteiger partial charge in [0.05, 0.1) is 0 Å². The van der Waals surface area contributed by atoms with Crippen LogP contribution in [0.15, 0.2) is 0 Å². The molecule has 0 rings (SSSR count). The van der Waals surface area contributed by atoms with Crippen LogP contribution in [0.25, 0.3) is 0 Å². The monoisotopic (exact) mass is 217 g/mol. The maximum atomic E-state index is 10.6. The van der Waals surface area contributed by atoms with E-state index in [1.807, 2.05) is 13.8 Å². The molecular formula is C9H19N3OS. The summed E-state index contributed by atoms with van der Waals surface area (Å²) in [5.41, 5.74) is 5.08. The molecular weight excluding hydrogens is 198 g/mol. The van der Waals surface area contributed by atoms with Gasteiger partial charge in [0.2, 0.25) is 5.91 Å². The maximum Gasteiger partial charge on any atom is 0.217 e. The molecule has 0 aromatic heterocycles. The normalized spacial score (nSPS) is 11.9. The van der Waals surface area contributed by atoms with Crippen LogP contribution in [-0.4, -0.2) is 24.1 Å². The highest BCUT2D eigenvalue weighted by Gasteiger charge is 2.05. The molecule has 0 bridgehead atoms. The predicted octanol–water partition coefficient (Wildman–Crippen LogP) is 0.372. The Morgan fingerprint density at radius 2 is 2.14 bits per heavy atom. The quantitative estimate of drug-likeness (QED) is 0.562. The lowest BCUT2D eigenvalue weighted by Gasteiger charge is -2.11. The molecule has 0 aliphatic heterocycles. The fourth-order valence-corrected chi connectivity index (χ4v) is 1.35. The van der Waals surface area contributed by atoms with E-state index in [4.69, 9.17) is 18.0 Å². The van der Waals surface area contributed by atoms with E-state index >= 15 is 0 Å². The first-order valence-electron chi connectivity index (χ1n) is 4.86. The average molecular weight is 217 g/mol. The van der Waals surface area contributed by atoms with E-state index in [-0.39, 0.29) is 5.91 Å². The highest BCUT2D eigenvalue weighted by atomic mass is 32.1. The Bertz CT molecular complexity index is 196. The molecule has 4 N–H and O–H groups in total. The molecule has 0 aromatic rings. The largest absolute Gasteiger partial charge is 0.370 e. The molecule has 4 nitrogen and oxygen atoms in total. The van der Waals surface area contributed by atoms with Crippen molar-refractivity contribution in [1.29, 1.82) is 0 Å². The lowest BCUT2D eigenvalue weighted by atomic mass is 10.0. The first-order chi connectivity index (χ1) is 6.56. The number of rotatable bonds is 6. The first kappa shape index (κ1) is 13.2. The molecule has 1 amide bonds. The number of nitrogens with one attached hydrogen (secondary N) is 2. The summed E-state index contributed by atoms with van der Waals surface area (Å²) < 4.78 is 0. The number of amides is 1. The minimum absolute atomic E-state index is 0.244. The fourth-order valence-electron chi connectivity index (χ4n) is 1.10. The fraction of sp³-hybridized carbons (Fsp3) is 0.778. The van der Waals surface area contributed by atoms with E-state index in [2.05, 4.69) is 10.6 Å². The topological polar surface area (TPSA) is 67.2 Å². The Morgan fingerprint density at radius 3 is 2.64 bits per heavy atom. The standard InChI is InChI=1S/C9H19N3OS/c1-3-11-9(14)12-5-4-7(2)6-8(10)13/h7H,3-6H2,1-2H3,(H2,10,13)(H2,11,12,14)/t7-/m0/s1. The van der Waals surface area contributed by atoms with Gasteiger partial charge in [0.1, 0.15) is 0 Å². The summed E-state index contributed by atoms with van der Waals surface area (Å²) in [6.45, 7) is 5.59. The summed E-state index contributed by atoms with van der Waals surface area (Å²) in [7, 11) is 0. The number of hydrogen-bond acceptors (Lipinski definition) is 2. The number of nitrogens with two attached hydrogens (primary N) is 1. The van der Waals surface area contributed by atoms with Crippen molar-refractivity contribution in [3.63, 3.8) is 0 Å². The van der Waals surface area contributed by atoms with Crippen LogP contribution in [0.2, 0.25) is 0 Å². The SMILES string of the molecule is CCNC(=S)NCC[C@H](C)CC(N)=O.